The van der Waals surface area contributed by atoms with Crippen molar-refractivity contribution < 1.29 is 88.0 Å². The number of benzene rings is 1. The molecule has 3 aliphatic rings. The number of carbonyl (C=O) groups is 3. The molecule has 2 fully saturated rings. The van der Waals surface area contributed by atoms with Gasteiger partial charge in [-0.1, -0.05) is 86.9 Å². The number of hydrogen-bond acceptors (Lipinski definition) is 18. The largest absolute Gasteiger partial charge is 0.505 e. The molecule has 1 aromatic carbocycles. The summed E-state index contributed by atoms with van der Waals surface area (Å²) in [5.74, 6) is -4.78. The molecule has 14 atom stereocenters. The first kappa shape index (κ1) is 60.7. The van der Waals surface area contributed by atoms with Gasteiger partial charge in [-0.15, -0.1) is 0 Å². The summed E-state index contributed by atoms with van der Waals surface area (Å²) >= 11 is 12.3. The molecule has 0 amide bonds. The molecule has 4 rings (SSSR count). The smallest absolute Gasteiger partial charge is 0.342 e. The molecule has 0 unspecified atom stereocenters. The molecule has 404 valence electrons. The Morgan fingerprint density at radius 2 is 1.57 bits per heavy atom. The summed E-state index contributed by atoms with van der Waals surface area (Å²) in [6.45, 7) is 18.1. The third-order valence-corrected chi connectivity index (χ3v) is 13.8. The van der Waals surface area contributed by atoms with Crippen molar-refractivity contribution in [2.24, 2.45) is 11.8 Å². The third kappa shape index (κ3) is 14.7. The molecule has 3 aliphatic heterocycles. The maximum atomic E-state index is 13.9. The second kappa shape index (κ2) is 26.5. The van der Waals surface area contributed by atoms with Gasteiger partial charge in [0.05, 0.1) is 47.5 Å². The van der Waals surface area contributed by atoms with Crippen molar-refractivity contribution in [2.45, 2.75) is 187 Å². The van der Waals surface area contributed by atoms with E-state index in [2.05, 4.69) is 0 Å². The molecule has 0 spiro atoms. The van der Waals surface area contributed by atoms with Crippen molar-refractivity contribution in [1.82, 2.24) is 0 Å². The zero-order chi connectivity index (χ0) is 54.1. The summed E-state index contributed by atoms with van der Waals surface area (Å²) in [5.41, 5.74) is 0.318. The van der Waals surface area contributed by atoms with E-state index in [9.17, 15) is 50.1 Å². The summed E-state index contributed by atoms with van der Waals surface area (Å²) in [6, 6.07) is 0. The van der Waals surface area contributed by atoms with Crippen LogP contribution in [0.3, 0.4) is 0 Å². The van der Waals surface area contributed by atoms with E-state index in [4.69, 9.17) is 61.1 Å². The number of aromatic hydroxyl groups is 2. The third-order valence-electron chi connectivity index (χ3n) is 13.0. The van der Waals surface area contributed by atoms with Gasteiger partial charge in [-0.25, -0.2) is 9.59 Å². The van der Waals surface area contributed by atoms with Gasteiger partial charge in [0, 0.05) is 19.4 Å². The van der Waals surface area contributed by atoms with Crippen LogP contribution in [0.1, 0.15) is 111 Å². The lowest BCUT2D eigenvalue weighted by Gasteiger charge is -2.47. The molecule has 0 aliphatic carbocycles. The summed E-state index contributed by atoms with van der Waals surface area (Å²) in [7, 11) is 1.26. The van der Waals surface area contributed by atoms with Gasteiger partial charge < -0.3 is 73.6 Å². The van der Waals surface area contributed by atoms with E-state index in [1.807, 2.05) is 32.9 Å². The lowest BCUT2D eigenvalue weighted by Crippen LogP contribution is -2.64. The van der Waals surface area contributed by atoms with Crippen molar-refractivity contribution >= 4 is 41.1 Å². The number of allylic oxidation sites excluding steroid dienone is 4. The van der Waals surface area contributed by atoms with Crippen LogP contribution in [0.4, 0.5) is 0 Å². The zero-order valence-corrected chi connectivity index (χ0v) is 44.5. The minimum atomic E-state index is -1.61. The standard InChI is InChI=1S/C52H74Cl2O18/c1-13-30-22-26(6)33(56)18-16-15-17-31(23-66-51-45(65-12)42(61)44(29(9)67-51)69-49(64)35-32(14-2)36(53)39(58)37(54)38(35)57)48(63)68-34(28(8)55)20-19-25(5)21-27(7)43(30)70-50-41(60)40(59)46(52(10,11)72-50)71-47(62)24(3)4/h15-17,19,21-22,24,28-30,33-34,40-46,50-51,55-61H,13-14,18,20,23H2,1-12H3/b16-15+,25-19+,26-22-,27-21+,31-17+/t28-,29-,30+,33+,34-,40-,41-,42+,43-,44-,45+,46+,50-,51-/m1/s1. The normalized spacial score (nSPS) is 34.8. The summed E-state index contributed by atoms with van der Waals surface area (Å²) < 4.78 is 47.5. The number of rotatable bonds is 13. The number of ether oxygens (including phenoxy) is 8. The Balaban J connectivity index is 1.61. The van der Waals surface area contributed by atoms with Gasteiger partial charge in [-0.2, -0.15) is 0 Å². The summed E-state index contributed by atoms with van der Waals surface area (Å²) in [4.78, 5) is 40.0. The highest BCUT2D eigenvalue weighted by molar-refractivity contribution is 6.39. The van der Waals surface area contributed by atoms with Gasteiger partial charge in [-0.05, 0) is 90.5 Å². The van der Waals surface area contributed by atoms with Crippen LogP contribution in [0.5, 0.6) is 11.5 Å². The van der Waals surface area contributed by atoms with E-state index in [0.717, 1.165) is 0 Å². The van der Waals surface area contributed by atoms with Crippen molar-refractivity contribution in [2.75, 3.05) is 13.7 Å². The molecule has 72 heavy (non-hydrogen) atoms. The number of carbonyl (C=O) groups excluding carboxylic acids is 3. The Labute approximate surface area is 431 Å². The first-order chi connectivity index (χ1) is 33.7. The van der Waals surface area contributed by atoms with Crippen molar-refractivity contribution in [3.63, 3.8) is 0 Å². The molecular formula is C52H74Cl2O18. The Kier molecular flexibility index (Phi) is 22.4. The fourth-order valence-corrected chi connectivity index (χ4v) is 9.16. The molecule has 0 radical (unpaired) electrons. The molecule has 20 heteroatoms. The molecule has 18 nitrogen and oxygen atoms in total. The molecule has 0 saturated carbocycles. The van der Waals surface area contributed by atoms with Crippen LogP contribution in [-0.4, -0.2) is 153 Å². The van der Waals surface area contributed by atoms with Gasteiger partial charge in [0.2, 0.25) is 0 Å². The molecular weight excluding hydrogens is 983 g/mol. The highest BCUT2D eigenvalue weighted by atomic mass is 35.5. The predicted octanol–water partition coefficient (Wildman–Crippen LogP) is 6.23. The Bertz CT molecular complexity index is 2220. The summed E-state index contributed by atoms with van der Waals surface area (Å²) in [6.07, 6.45) is -5.45. The SMILES string of the molecule is CCc1c(Cl)c(O)c(Cl)c(O)c1C(=O)O[C@H]1[C@H](O)[C@H](OC)[C@H](OC/C2=C\C=C\C[C@H](O)/C(C)=C\[C@H](CC)[C@H](O[C@@H]3OC(C)(C)[C@@H](OC(=O)C(C)C)[C@H](O)[C@H]3O)/C(C)=C/C(C)=C/C[C@H]([C@@H](C)O)OC2=O)O[C@@H]1C. The maximum Gasteiger partial charge on any atom is 0.342 e. The quantitative estimate of drug-likeness (QED) is 0.0655. The van der Waals surface area contributed by atoms with Crippen molar-refractivity contribution in [3.8, 4) is 11.5 Å². The monoisotopic (exact) mass is 1060 g/mol. The molecule has 0 aromatic heterocycles. The molecule has 0 bridgehead atoms. The number of hydrogen-bond donors (Lipinski definition) is 7. The number of cyclic esters (lactones) is 1. The number of aliphatic hydroxyl groups excluding tert-OH is 5. The number of esters is 3. The van der Waals surface area contributed by atoms with Crippen LogP contribution < -0.4 is 0 Å². The Morgan fingerprint density at radius 1 is 0.903 bits per heavy atom. The first-order valence-electron chi connectivity index (χ1n) is 24.2. The van der Waals surface area contributed by atoms with Gasteiger partial charge in [-0.3, -0.25) is 4.79 Å². The van der Waals surface area contributed by atoms with E-state index in [1.165, 1.54) is 33.1 Å². The average molecular weight is 1060 g/mol. The maximum absolute atomic E-state index is 13.9. The Hall–Kier alpha value is -3.89. The molecule has 2 saturated heterocycles. The van der Waals surface area contributed by atoms with Crippen LogP contribution in [0, 0.1) is 11.8 Å². The van der Waals surface area contributed by atoms with E-state index >= 15 is 0 Å². The van der Waals surface area contributed by atoms with Crippen LogP contribution in [-0.2, 0) is 53.9 Å². The van der Waals surface area contributed by atoms with Gasteiger partial charge in [0.15, 0.2) is 36.3 Å². The number of phenolic OH excluding ortho intramolecular Hbond substituents is 2. The molecule has 7 N–H and O–H groups in total. The van der Waals surface area contributed by atoms with Gasteiger partial charge >= 0.3 is 17.9 Å². The minimum absolute atomic E-state index is 0.0372. The highest BCUT2D eigenvalue weighted by Crippen LogP contribution is 2.45. The molecule has 1 aromatic rings. The highest BCUT2D eigenvalue weighted by Gasteiger charge is 2.53. The van der Waals surface area contributed by atoms with Gasteiger partial charge in [0.25, 0.3) is 0 Å². The second-order valence-electron chi connectivity index (χ2n) is 19.4. The lowest BCUT2D eigenvalue weighted by molar-refractivity contribution is -0.333. The lowest BCUT2D eigenvalue weighted by atomic mass is 9.88. The number of aliphatic hydroxyl groups is 5. The topological polar surface area (TPSA) is 267 Å². The van der Waals surface area contributed by atoms with Gasteiger partial charge in [0.1, 0.15) is 46.7 Å². The summed E-state index contributed by atoms with van der Waals surface area (Å²) in [5, 5.41) is 76.5. The predicted molar refractivity (Wildman–Crippen MR) is 265 cm³/mol. The van der Waals surface area contributed by atoms with E-state index < -0.39 is 144 Å². The number of methoxy groups -OCH3 is 1. The molecule has 3 heterocycles. The van der Waals surface area contributed by atoms with E-state index in [1.54, 1.807) is 53.7 Å². The minimum Gasteiger partial charge on any atom is -0.505 e. The van der Waals surface area contributed by atoms with Crippen molar-refractivity contribution in [3.05, 3.63) is 79.9 Å². The average Bonchev–Trinajstić information content (AvgIpc) is 3.32. The second-order valence-corrected chi connectivity index (χ2v) is 20.1. The number of halogens is 2. The fourth-order valence-electron chi connectivity index (χ4n) is 8.60. The zero-order valence-electron chi connectivity index (χ0n) is 43.0. The van der Waals surface area contributed by atoms with Crippen LogP contribution in [0.25, 0.3) is 0 Å². The Morgan fingerprint density at radius 3 is 2.17 bits per heavy atom. The van der Waals surface area contributed by atoms with Crippen molar-refractivity contribution in [1.29, 1.82) is 0 Å². The number of phenols is 2. The fraction of sp³-hybridized carbons (Fsp3) is 0.635. The van der Waals surface area contributed by atoms with Crippen LogP contribution in [0.2, 0.25) is 10.0 Å². The van der Waals surface area contributed by atoms with E-state index in [-0.39, 0.29) is 35.4 Å². The first-order valence-corrected chi connectivity index (χ1v) is 24.9. The van der Waals surface area contributed by atoms with Crippen LogP contribution >= 0.6 is 23.2 Å². The van der Waals surface area contributed by atoms with E-state index in [0.29, 0.717) is 23.1 Å². The van der Waals surface area contributed by atoms with Crippen LogP contribution in [0.15, 0.2) is 58.7 Å².